The molecular formula is C8H17NS. The fourth-order valence-corrected chi connectivity index (χ4v) is 1.94. The van der Waals surface area contributed by atoms with Crippen molar-refractivity contribution < 1.29 is 0 Å². The predicted octanol–water partition coefficient (Wildman–Crippen LogP) is 1.79. The maximum atomic E-state index is 4.23. The summed E-state index contributed by atoms with van der Waals surface area (Å²) in [7, 11) is 0. The molecule has 0 aromatic rings. The fourth-order valence-electron chi connectivity index (χ4n) is 1.70. The fraction of sp³-hybridized carbons (Fsp3) is 1.00. The van der Waals surface area contributed by atoms with Crippen molar-refractivity contribution >= 4 is 12.6 Å². The van der Waals surface area contributed by atoms with Crippen LogP contribution in [0.3, 0.4) is 0 Å². The summed E-state index contributed by atoms with van der Waals surface area (Å²) >= 11 is 4.23. The summed E-state index contributed by atoms with van der Waals surface area (Å²) in [5.41, 5.74) is 0.447. The summed E-state index contributed by atoms with van der Waals surface area (Å²) in [6.07, 6.45) is 2.71. The molecular weight excluding hydrogens is 142 g/mol. The molecule has 1 fully saturated rings. The van der Waals surface area contributed by atoms with Crippen molar-refractivity contribution in [1.29, 1.82) is 0 Å². The first kappa shape index (κ1) is 8.41. The average Bonchev–Trinajstić information content (AvgIpc) is 2.13. The lowest BCUT2D eigenvalue weighted by atomic mass is 10.0. The van der Waals surface area contributed by atoms with Gasteiger partial charge in [0, 0.05) is 17.8 Å². The number of rotatable bonds is 2. The zero-order valence-corrected chi connectivity index (χ0v) is 7.82. The van der Waals surface area contributed by atoms with Gasteiger partial charge in [-0.25, -0.2) is 0 Å². The Kier molecular flexibility index (Phi) is 2.64. The van der Waals surface area contributed by atoms with E-state index in [2.05, 4.69) is 31.4 Å². The third kappa shape index (κ3) is 1.67. The van der Waals surface area contributed by atoms with Crippen molar-refractivity contribution in [1.82, 2.24) is 4.90 Å². The Hall–Kier alpha value is 0.310. The van der Waals surface area contributed by atoms with E-state index in [0.29, 0.717) is 5.54 Å². The highest BCUT2D eigenvalue weighted by atomic mass is 32.1. The summed E-state index contributed by atoms with van der Waals surface area (Å²) in [6.45, 7) is 7.07. The Labute approximate surface area is 69.2 Å². The van der Waals surface area contributed by atoms with E-state index >= 15 is 0 Å². The van der Waals surface area contributed by atoms with E-state index in [9.17, 15) is 0 Å². The van der Waals surface area contributed by atoms with Gasteiger partial charge in [0.1, 0.15) is 0 Å². The number of hydrogen-bond donors (Lipinski definition) is 1. The molecule has 60 valence electrons. The third-order valence-corrected chi connectivity index (χ3v) is 2.64. The molecule has 0 unspecified atom stereocenters. The van der Waals surface area contributed by atoms with Crippen LogP contribution in [0.1, 0.15) is 26.7 Å². The van der Waals surface area contributed by atoms with E-state index in [4.69, 9.17) is 0 Å². The Bertz CT molecular complexity index is 112. The zero-order chi connectivity index (χ0) is 7.61. The van der Waals surface area contributed by atoms with E-state index in [1.54, 1.807) is 0 Å². The molecule has 0 N–H and O–H groups in total. The van der Waals surface area contributed by atoms with Crippen LogP contribution < -0.4 is 0 Å². The SMILES string of the molecule is CC1(C)CCCN1CCS. The van der Waals surface area contributed by atoms with Crippen molar-refractivity contribution in [2.75, 3.05) is 18.8 Å². The van der Waals surface area contributed by atoms with Crippen LogP contribution in [-0.4, -0.2) is 29.3 Å². The normalized spacial score (nSPS) is 25.5. The first-order valence-corrected chi connectivity index (χ1v) is 4.66. The molecule has 0 aromatic heterocycles. The Morgan fingerprint density at radius 1 is 1.50 bits per heavy atom. The minimum atomic E-state index is 0.447. The highest BCUT2D eigenvalue weighted by molar-refractivity contribution is 7.80. The van der Waals surface area contributed by atoms with E-state index < -0.39 is 0 Å². The predicted molar refractivity (Wildman–Crippen MR) is 48.7 cm³/mol. The summed E-state index contributed by atoms with van der Waals surface area (Å²) in [4.78, 5) is 2.53. The van der Waals surface area contributed by atoms with Crippen LogP contribution in [0.2, 0.25) is 0 Å². The van der Waals surface area contributed by atoms with Gasteiger partial charge in [-0.2, -0.15) is 12.6 Å². The highest BCUT2D eigenvalue weighted by Crippen LogP contribution is 2.27. The highest BCUT2D eigenvalue weighted by Gasteiger charge is 2.30. The lowest BCUT2D eigenvalue weighted by molar-refractivity contribution is 0.187. The Balaban J connectivity index is 2.43. The number of nitrogens with zero attached hydrogens (tertiary/aromatic N) is 1. The summed E-state index contributed by atoms with van der Waals surface area (Å²) in [5.74, 6) is 0.990. The van der Waals surface area contributed by atoms with Gasteiger partial charge >= 0.3 is 0 Å². The second-order valence-electron chi connectivity index (χ2n) is 3.63. The molecule has 1 rings (SSSR count). The van der Waals surface area contributed by atoms with E-state index in [1.165, 1.54) is 19.4 Å². The largest absolute Gasteiger partial charge is 0.297 e. The van der Waals surface area contributed by atoms with Crippen LogP contribution in [0.15, 0.2) is 0 Å². The van der Waals surface area contributed by atoms with Gasteiger partial charge in [0.05, 0.1) is 0 Å². The van der Waals surface area contributed by atoms with Crippen LogP contribution in [0.5, 0.6) is 0 Å². The molecule has 1 aliphatic heterocycles. The van der Waals surface area contributed by atoms with Crippen molar-refractivity contribution in [2.45, 2.75) is 32.2 Å². The molecule has 0 amide bonds. The van der Waals surface area contributed by atoms with Gasteiger partial charge in [-0.1, -0.05) is 0 Å². The Morgan fingerprint density at radius 3 is 2.60 bits per heavy atom. The standard InChI is InChI=1S/C8H17NS/c1-8(2)4-3-5-9(8)6-7-10/h10H,3-7H2,1-2H3. The molecule has 10 heavy (non-hydrogen) atoms. The van der Waals surface area contributed by atoms with Gasteiger partial charge in [-0.15, -0.1) is 0 Å². The van der Waals surface area contributed by atoms with Gasteiger partial charge in [0.25, 0.3) is 0 Å². The topological polar surface area (TPSA) is 3.24 Å². The summed E-state index contributed by atoms with van der Waals surface area (Å²) in [5, 5.41) is 0. The molecule has 2 heteroatoms. The first-order chi connectivity index (χ1) is 4.67. The van der Waals surface area contributed by atoms with Crippen LogP contribution in [0.4, 0.5) is 0 Å². The van der Waals surface area contributed by atoms with Crippen molar-refractivity contribution in [3.05, 3.63) is 0 Å². The van der Waals surface area contributed by atoms with Gasteiger partial charge in [-0.05, 0) is 33.2 Å². The molecule has 0 radical (unpaired) electrons. The molecule has 0 atom stereocenters. The molecule has 0 bridgehead atoms. The molecule has 1 nitrogen and oxygen atoms in total. The van der Waals surface area contributed by atoms with E-state index in [0.717, 1.165) is 12.3 Å². The number of thiol groups is 1. The molecule has 0 saturated carbocycles. The lowest BCUT2D eigenvalue weighted by Gasteiger charge is -2.30. The smallest absolute Gasteiger partial charge is 0.0154 e. The second-order valence-corrected chi connectivity index (χ2v) is 4.07. The molecule has 1 saturated heterocycles. The molecule has 0 aliphatic carbocycles. The lowest BCUT2D eigenvalue weighted by Crippen LogP contribution is -2.39. The van der Waals surface area contributed by atoms with Crippen LogP contribution in [-0.2, 0) is 0 Å². The molecule has 1 heterocycles. The summed E-state index contributed by atoms with van der Waals surface area (Å²) in [6, 6.07) is 0. The van der Waals surface area contributed by atoms with Gasteiger partial charge in [0.2, 0.25) is 0 Å². The van der Waals surface area contributed by atoms with Crippen LogP contribution >= 0.6 is 12.6 Å². The molecule has 0 aromatic carbocycles. The van der Waals surface area contributed by atoms with Crippen molar-refractivity contribution in [2.24, 2.45) is 0 Å². The van der Waals surface area contributed by atoms with E-state index in [1.807, 2.05) is 0 Å². The Morgan fingerprint density at radius 2 is 2.20 bits per heavy atom. The summed E-state index contributed by atoms with van der Waals surface area (Å²) < 4.78 is 0. The van der Waals surface area contributed by atoms with E-state index in [-0.39, 0.29) is 0 Å². The maximum absolute atomic E-state index is 4.23. The minimum Gasteiger partial charge on any atom is -0.297 e. The average molecular weight is 159 g/mol. The second kappa shape index (κ2) is 3.14. The first-order valence-electron chi connectivity index (χ1n) is 4.03. The van der Waals surface area contributed by atoms with Gasteiger partial charge in [-0.3, -0.25) is 4.90 Å². The maximum Gasteiger partial charge on any atom is 0.0154 e. The van der Waals surface area contributed by atoms with Gasteiger partial charge < -0.3 is 0 Å². The quantitative estimate of drug-likeness (QED) is 0.601. The number of likely N-dealkylation sites (tertiary alicyclic amines) is 1. The van der Waals surface area contributed by atoms with Crippen molar-refractivity contribution in [3.8, 4) is 0 Å². The van der Waals surface area contributed by atoms with Gasteiger partial charge in [0.15, 0.2) is 0 Å². The van der Waals surface area contributed by atoms with Crippen LogP contribution in [0, 0.1) is 0 Å². The van der Waals surface area contributed by atoms with Crippen LogP contribution in [0.25, 0.3) is 0 Å². The van der Waals surface area contributed by atoms with Crippen molar-refractivity contribution in [3.63, 3.8) is 0 Å². The zero-order valence-electron chi connectivity index (χ0n) is 6.93. The molecule has 1 aliphatic rings. The third-order valence-electron chi connectivity index (χ3n) is 2.44. The molecule has 0 spiro atoms. The number of hydrogen-bond acceptors (Lipinski definition) is 2. The minimum absolute atomic E-state index is 0.447. The monoisotopic (exact) mass is 159 g/mol.